The van der Waals surface area contributed by atoms with Crippen molar-refractivity contribution in [2.24, 2.45) is 5.92 Å². The highest BCUT2D eigenvalue weighted by atomic mass is 35.5. The lowest BCUT2D eigenvalue weighted by Gasteiger charge is -2.31. The summed E-state index contributed by atoms with van der Waals surface area (Å²) < 4.78 is 15.5. The molecule has 0 atom stereocenters. The van der Waals surface area contributed by atoms with Crippen LogP contribution < -0.4 is 14.2 Å². The number of ether oxygens (including phenoxy) is 3. The van der Waals surface area contributed by atoms with Crippen LogP contribution in [0.2, 0.25) is 5.02 Å². The average molecular weight is 449 g/mol. The van der Waals surface area contributed by atoms with Gasteiger partial charge in [-0.25, -0.2) is 0 Å². The van der Waals surface area contributed by atoms with Crippen LogP contribution in [0.15, 0.2) is 36.4 Å². The molecule has 1 heterocycles. The minimum Gasteiger partial charge on any atom is -0.496 e. The summed E-state index contributed by atoms with van der Waals surface area (Å²) in [5, 5.41) is 11.7. The Morgan fingerprint density at radius 2 is 1.74 bits per heavy atom. The predicted molar refractivity (Wildman–Crippen MR) is 112 cm³/mol. The van der Waals surface area contributed by atoms with Crippen LogP contribution in [0.25, 0.3) is 0 Å². The second-order valence-electron chi connectivity index (χ2n) is 6.92. The molecule has 31 heavy (non-hydrogen) atoms. The fourth-order valence-electron chi connectivity index (χ4n) is 3.38. The van der Waals surface area contributed by atoms with Crippen LogP contribution in [0, 0.1) is 16.0 Å². The molecule has 9 nitrogen and oxygen atoms in total. The van der Waals surface area contributed by atoms with Crippen LogP contribution in [-0.4, -0.2) is 49.0 Å². The predicted octanol–water partition coefficient (Wildman–Crippen LogP) is 3.72. The van der Waals surface area contributed by atoms with Gasteiger partial charge in [0.1, 0.15) is 11.5 Å². The molecule has 0 aliphatic carbocycles. The topological polar surface area (TPSA) is 108 Å². The fraction of sp³-hybridized carbons (Fsp3) is 0.333. The summed E-state index contributed by atoms with van der Waals surface area (Å²) in [6.45, 7) is 0.665. The SMILES string of the molecule is COc1ccc(OC(=O)C2CCN(C(=O)c3cc(Cl)ccc3OC)CC2)c([N+](=O)[O-])c1. The van der Waals surface area contributed by atoms with E-state index in [1.54, 1.807) is 23.1 Å². The molecule has 2 aromatic carbocycles. The van der Waals surface area contributed by atoms with Crippen molar-refractivity contribution >= 4 is 29.2 Å². The number of nitro groups is 1. The average Bonchev–Trinajstić information content (AvgIpc) is 2.78. The third-order valence-corrected chi connectivity index (χ3v) is 5.32. The standard InChI is InChI=1S/C21H21ClN2O7/c1-29-15-4-6-19(17(12-15)24(27)28)31-21(26)13-7-9-23(10-8-13)20(25)16-11-14(22)3-5-18(16)30-2/h3-6,11-13H,7-10H2,1-2H3. The Labute approximate surface area is 183 Å². The molecule has 1 saturated heterocycles. The number of likely N-dealkylation sites (tertiary alicyclic amines) is 1. The monoisotopic (exact) mass is 448 g/mol. The lowest BCUT2D eigenvalue weighted by molar-refractivity contribution is -0.385. The highest BCUT2D eigenvalue weighted by molar-refractivity contribution is 6.31. The summed E-state index contributed by atoms with van der Waals surface area (Å²) in [5.41, 5.74) is -0.00162. The van der Waals surface area contributed by atoms with Crippen molar-refractivity contribution in [2.45, 2.75) is 12.8 Å². The van der Waals surface area contributed by atoms with Crippen molar-refractivity contribution in [3.63, 3.8) is 0 Å². The van der Waals surface area contributed by atoms with E-state index in [1.807, 2.05) is 0 Å². The molecule has 2 aromatic rings. The second kappa shape index (κ2) is 9.65. The second-order valence-corrected chi connectivity index (χ2v) is 7.36. The van der Waals surface area contributed by atoms with E-state index in [0.717, 1.165) is 0 Å². The minimum absolute atomic E-state index is 0.141. The summed E-state index contributed by atoms with van der Waals surface area (Å²) >= 11 is 6.01. The molecule has 0 radical (unpaired) electrons. The summed E-state index contributed by atoms with van der Waals surface area (Å²) in [6, 6.07) is 8.82. The first-order valence-corrected chi connectivity index (χ1v) is 9.88. The first-order chi connectivity index (χ1) is 14.8. The van der Waals surface area contributed by atoms with Gasteiger partial charge < -0.3 is 19.1 Å². The molecule has 0 bridgehead atoms. The fourth-order valence-corrected chi connectivity index (χ4v) is 3.55. The van der Waals surface area contributed by atoms with Gasteiger partial charge in [0.05, 0.1) is 36.7 Å². The lowest BCUT2D eigenvalue weighted by atomic mass is 9.96. The van der Waals surface area contributed by atoms with E-state index in [1.165, 1.54) is 32.4 Å². The third-order valence-electron chi connectivity index (χ3n) is 5.08. The highest BCUT2D eigenvalue weighted by Crippen LogP contribution is 2.33. The molecule has 3 rings (SSSR count). The molecule has 1 aliphatic rings. The third kappa shape index (κ3) is 5.05. The minimum atomic E-state index is -0.634. The largest absolute Gasteiger partial charge is 0.496 e. The van der Waals surface area contributed by atoms with Gasteiger partial charge in [0.2, 0.25) is 5.75 Å². The summed E-state index contributed by atoms with van der Waals surface area (Å²) in [6.07, 6.45) is 0.745. The van der Waals surface area contributed by atoms with Crippen LogP contribution >= 0.6 is 11.6 Å². The number of hydrogen-bond acceptors (Lipinski definition) is 7. The molecule has 10 heteroatoms. The van der Waals surface area contributed by atoms with Gasteiger partial charge in [-0.05, 0) is 43.2 Å². The van der Waals surface area contributed by atoms with Crippen molar-refractivity contribution in [1.29, 1.82) is 0 Å². The van der Waals surface area contributed by atoms with Crippen molar-refractivity contribution in [2.75, 3.05) is 27.3 Å². The van der Waals surface area contributed by atoms with Crippen molar-refractivity contribution in [1.82, 2.24) is 4.90 Å². The number of nitro benzene ring substituents is 1. The zero-order valence-corrected chi connectivity index (χ0v) is 17.8. The van der Waals surface area contributed by atoms with E-state index in [2.05, 4.69) is 0 Å². The Morgan fingerprint density at radius 3 is 2.35 bits per heavy atom. The van der Waals surface area contributed by atoms with Crippen LogP contribution in [0.1, 0.15) is 23.2 Å². The normalized spacial score (nSPS) is 14.1. The van der Waals surface area contributed by atoms with E-state index in [0.29, 0.717) is 42.3 Å². The molecule has 164 valence electrons. The number of esters is 1. The molecule has 0 N–H and O–H groups in total. The van der Waals surface area contributed by atoms with Crippen LogP contribution in [0.4, 0.5) is 5.69 Å². The number of carbonyl (C=O) groups excluding carboxylic acids is 2. The van der Waals surface area contributed by atoms with Gasteiger partial charge in [-0.2, -0.15) is 0 Å². The number of rotatable bonds is 6. The molecule has 1 fully saturated rings. The Hall–Kier alpha value is -3.33. The summed E-state index contributed by atoms with van der Waals surface area (Å²) in [7, 11) is 2.86. The molecule has 0 spiro atoms. The van der Waals surface area contributed by atoms with E-state index in [4.69, 9.17) is 25.8 Å². The van der Waals surface area contributed by atoms with Gasteiger partial charge in [-0.3, -0.25) is 19.7 Å². The van der Waals surface area contributed by atoms with Crippen LogP contribution in [0.5, 0.6) is 17.2 Å². The lowest BCUT2D eigenvalue weighted by Crippen LogP contribution is -2.41. The highest BCUT2D eigenvalue weighted by Gasteiger charge is 2.31. The number of methoxy groups -OCH3 is 2. The van der Waals surface area contributed by atoms with Gasteiger partial charge in [0, 0.05) is 18.1 Å². The van der Waals surface area contributed by atoms with Crippen molar-refractivity contribution in [3.8, 4) is 17.2 Å². The quantitative estimate of drug-likeness (QED) is 0.287. The van der Waals surface area contributed by atoms with Crippen LogP contribution in [-0.2, 0) is 4.79 Å². The van der Waals surface area contributed by atoms with Gasteiger partial charge in [-0.1, -0.05) is 11.6 Å². The Kier molecular flexibility index (Phi) is 6.96. The number of piperidine rings is 1. The van der Waals surface area contributed by atoms with Crippen LogP contribution in [0.3, 0.4) is 0 Å². The van der Waals surface area contributed by atoms with Crippen molar-refractivity contribution < 1.29 is 28.7 Å². The molecular formula is C21H21ClN2O7. The number of benzene rings is 2. The molecule has 0 aromatic heterocycles. The Balaban J connectivity index is 1.65. The van der Waals surface area contributed by atoms with Gasteiger partial charge in [0.25, 0.3) is 5.91 Å². The maximum Gasteiger partial charge on any atom is 0.315 e. The van der Waals surface area contributed by atoms with E-state index >= 15 is 0 Å². The molecule has 1 aliphatic heterocycles. The number of hydrogen-bond donors (Lipinski definition) is 0. The zero-order chi connectivity index (χ0) is 22.5. The van der Waals surface area contributed by atoms with E-state index in [9.17, 15) is 19.7 Å². The number of carbonyl (C=O) groups is 2. The Morgan fingerprint density at radius 1 is 1.06 bits per heavy atom. The first-order valence-electron chi connectivity index (χ1n) is 9.51. The number of nitrogens with zero attached hydrogens (tertiary/aromatic N) is 2. The van der Waals surface area contributed by atoms with Gasteiger partial charge >= 0.3 is 11.7 Å². The molecule has 1 amide bonds. The van der Waals surface area contributed by atoms with E-state index < -0.39 is 16.8 Å². The maximum absolute atomic E-state index is 12.9. The molecule has 0 unspecified atom stereocenters. The first kappa shape index (κ1) is 22.4. The molecular weight excluding hydrogens is 428 g/mol. The number of halogens is 1. The maximum atomic E-state index is 12.9. The zero-order valence-electron chi connectivity index (χ0n) is 17.0. The Bertz CT molecular complexity index is 1000. The molecule has 0 saturated carbocycles. The van der Waals surface area contributed by atoms with Gasteiger partial charge in [-0.15, -0.1) is 0 Å². The summed E-state index contributed by atoms with van der Waals surface area (Å²) in [5.74, 6) is -0.722. The van der Waals surface area contributed by atoms with E-state index in [-0.39, 0.29) is 23.1 Å². The van der Waals surface area contributed by atoms with Crippen molar-refractivity contribution in [3.05, 3.63) is 57.1 Å². The summed E-state index contributed by atoms with van der Waals surface area (Å²) in [4.78, 5) is 37.7. The number of amides is 1. The smallest absolute Gasteiger partial charge is 0.315 e. The van der Waals surface area contributed by atoms with Gasteiger partial charge in [0.15, 0.2) is 0 Å².